The lowest BCUT2D eigenvalue weighted by Crippen LogP contribution is -2.56. The molecule has 2 rings (SSSR count). The van der Waals surface area contributed by atoms with Gasteiger partial charge in [0.15, 0.2) is 0 Å². The Morgan fingerprint density at radius 3 is 2.16 bits per heavy atom. The summed E-state index contributed by atoms with van der Waals surface area (Å²) < 4.78 is 6.19. The van der Waals surface area contributed by atoms with Crippen LogP contribution in [0.15, 0.2) is 12.1 Å². The van der Waals surface area contributed by atoms with Gasteiger partial charge in [0.1, 0.15) is 11.9 Å². The number of benzene rings is 1. The van der Waals surface area contributed by atoms with Crippen LogP contribution in [0.1, 0.15) is 44.2 Å². The lowest BCUT2D eigenvalue weighted by molar-refractivity contribution is -0.0462. The molecule has 0 aliphatic heterocycles. The van der Waals surface area contributed by atoms with Gasteiger partial charge in [-0.3, -0.25) is 0 Å². The van der Waals surface area contributed by atoms with Gasteiger partial charge in [0.2, 0.25) is 0 Å². The van der Waals surface area contributed by atoms with Gasteiger partial charge in [0.05, 0.1) is 0 Å². The van der Waals surface area contributed by atoms with Crippen LogP contribution in [0.25, 0.3) is 0 Å². The van der Waals surface area contributed by atoms with Crippen LogP contribution < -0.4 is 4.74 Å². The van der Waals surface area contributed by atoms with Gasteiger partial charge < -0.3 is 4.74 Å². The molecule has 1 fully saturated rings. The number of halogens is 2. The molecule has 1 saturated carbocycles. The molecule has 19 heavy (non-hydrogen) atoms. The Kier molecular flexibility index (Phi) is 4.37. The summed E-state index contributed by atoms with van der Waals surface area (Å²) in [7, 11) is 0. The second-order valence-corrected chi connectivity index (χ2v) is 6.53. The van der Waals surface area contributed by atoms with E-state index in [0.717, 1.165) is 41.2 Å². The molecule has 106 valence electrons. The molecular weight excluding hydrogens is 279 g/mol. The van der Waals surface area contributed by atoms with Crippen molar-refractivity contribution in [3.63, 3.8) is 0 Å². The third-order valence-corrected chi connectivity index (χ3v) is 5.90. The van der Waals surface area contributed by atoms with Gasteiger partial charge in [-0.15, -0.1) is 11.6 Å². The van der Waals surface area contributed by atoms with Crippen LogP contribution in [0, 0.1) is 19.3 Å². The highest BCUT2D eigenvalue weighted by molar-refractivity contribution is 6.32. The van der Waals surface area contributed by atoms with E-state index in [1.54, 1.807) is 0 Å². The second-order valence-electron chi connectivity index (χ2n) is 5.62. The standard InChI is InChI=1S/C16H22Cl2O/c1-5-16(6-2)13(17)9-14(16)19-12-7-10(3)15(18)11(4)8-12/h7-8,13-14H,5-6,9H2,1-4H3. The summed E-state index contributed by atoms with van der Waals surface area (Å²) in [4.78, 5) is 0. The van der Waals surface area contributed by atoms with Crippen LogP contribution in [0.5, 0.6) is 5.75 Å². The molecule has 1 nitrogen and oxygen atoms in total. The molecule has 2 atom stereocenters. The highest BCUT2D eigenvalue weighted by Gasteiger charge is 2.53. The molecule has 1 aromatic rings. The first kappa shape index (κ1) is 15.0. The third kappa shape index (κ3) is 2.48. The van der Waals surface area contributed by atoms with Crippen molar-refractivity contribution in [2.45, 2.75) is 58.4 Å². The molecule has 1 aliphatic rings. The minimum atomic E-state index is 0.128. The summed E-state index contributed by atoms with van der Waals surface area (Å²) in [6, 6.07) is 4.04. The molecular formula is C16H22Cl2O. The Labute approximate surface area is 126 Å². The van der Waals surface area contributed by atoms with Gasteiger partial charge in [0.25, 0.3) is 0 Å². The van der Waals surface area contributed by atoms with Gasteiger partial charge in [-0.05, 0) is 49.9 Å². The summed E-state index contributed by atoms with van der Waals surface area (Å²) in [6.45, 7) is 8.43. The number of hydrogen-bond acceptors (Lipinski definition) is 1. The van der Waals surface area contributed by atoms with Crippen molar-refractivity contribution < 1.29 is 4.74 Å². The van der Waals surface area contributed by atoms with Crippen molar-refractivity contribution >= 4 is 23.2 Å². The van der Waals surface area contributed by atoms with Gasteiger partial charge in [-0.25, -0.2) is 0 Å². The van der Waals surface area contributed by atoms with Crippen molar-refractivity contribution in [1.29, 1.82) is 0 Å². The number of hydrogen-bond donors (Lipinski definition) is 0. The zero-order valence-electron chi connectivity index (χ0n) is 12.1. The Morgan fingerprint density at radius 2 is 1.74 bits per heavy atom. The molecule has 3 heteroatoms. The van der Waals surface area contributed by atoms with Crippen LogP contribution in [0.4, 0.5) is 0 Å². The molecule has 1 aliphatic carbocycles. The SMILES string of the molecule is CCC1(CC)C(Cl)CC1Oc1cc(C)c(Cl)c(C)c1. The predicted molar refractivity (Wildman–Crippen MR) is 82.6 cm³/mol. The summed E-state index contributed by atoms with van der Waals surface area (Å²) in [5.74, 6) is 0.916. The quantitative estimate of drug-likeness (QED) is 0.665. The molecule has 0 radical (unpaired) electrons. The van der Waals surface area contributed by atoms with Gasteiger partial charge in [0, 0.05) is 22.2 Å². The molecule has 0 spiro atoms. The van der Waals surface area contributed by atoms with E-state index in [0.29, 0.717) is 0 Å². The largest absolute Gasteiger partial charge is 0.490 e. The Morgan fingerprint density at radius 1 is 1.21 bits per heavy atom. The van der Waals surface area contributed by atoms with Crippen LogP contribution in [-0.2, 0) is 0 Å². The minimum absolute atomic E-state index is 0.128. The molecule has 0 heterocycles. The van der Waals surface area contributed by atoms with Crippen molar-refractivity contribution in [3.05, 3.63) is 28.3 Å². The monoisotopic (exact) mass is 300 g/mol. The fourth-order valence-corrected chi connectivity index (χ4v) is 3.87. The van der Waals surface area contributed by atoms with E-state index < -0.39 is 0 Å². The summed E-state index contributed by atoms with van der Waals surface area (Å²) >= 11 is 12.6. The van der Waals surface area contributed by atoms with Crippen LogP contribution in [-0.4, -0.2) is 11.5 Å². The van der Waals surface area contributed by atoms with E-state index in [9.17, 15) is 0 Å². The van der Waals surface area contributed by atoms with Crippen LogP contribution in [0.2, 0.25) is 5.02 Å². The van der Waals surface area contributed by atoms with E-state index >= 15 is 0 Å². The number of rotatable bonds is 4. The molecule has 0 aromatic heterocycles. The highest BCUT2D eigenvalue weighted by Crippen LogP contribution is 2.52. The molecule has 2 unspecified atom stereocenters. The zero-order valence-corrected chi connectivity index (χ0v) is 13.6. The predicted octanol–water partition coefficient (Wildman–Crippen LogP) is 5.52. The first-order valence-corrected chi connectivity index (χ1v) is 7.83. The van der Waals surface area contributed by atoms with Crippen molar-refractivity contribution in [2.75, 3.05) is 0 Å². The topological polar surface area (TPSA) is 9.23 Å². The fraction of sp³-hybridized carbons (Fsp3) is 0.625. The van der Waals surface area contributed by atoms with E-state index in [2.05, 4.69) is 13.8 Å². The summed E-state index contributed by atoms with van der Waals surface area (Å²) in [5, 5.41) is 1.07. The maximum Gasteiger partial charge on any atom is 0.120 e. The zero-order chi connectivity index (χ0) is 14.2. The molecule has 0 saturated heterocycles. The van der Waals surface area contributed by atoms with Crippen LogP contribution in [0.3, 0.4) is 0 Å². The van der Waals surface area contributed by atoms with E-state index in [4.69, 9.17) is 27.9 Å². The smallest absolute Gasteiger partial charge is 0.120 e. The van der Waals surface area contributed by atoms with E-state index in [1.165, 1.54) is 0 Å². The first-order chi connectivity index (χ1) is 8.94. The Balaban J connectivity index is 2.19. The first-order valence-electron chi connectivity index (χ1n) is 7.02. The Bertz CT molecular complexity index is 443. The molecule has 0 N–H and O–H groups in total. The van der Waals surface area contributed by atoms with Crippen molar-refractivity contribution in [3.8, 4) is 5.75 Å². The number of aryl methyl sites for hydroxylation is 2. The van der Waals surface area contributed by atoms with E-state index in [1.807, 2.05) is 26.0 Å². The van der Waals surface area contributed by atoms with Gasteiger partial charge >= 0.3 is 0 Å². The van der Waals surface area contributed by atoms with Crippen LogP contribution >= 0.6 is 23.2 Å². The number of ether oxygens (including phenoxy) is 1. The lowest BCUT2D eigenvalue weighted by atomic mass is 9.62. The molecule has 1 aromatic carbocycles. The maximum atomic E-state index is 6.42. The average Bonchev–Trinajstić information content (AvgIpc) is 2.37. The highest BCUT2D eigenvalue weighted by atomic mass is 35.5. The molecule has 0 bridgehead atoms. The van der Waals surface area contributed by atoms with Gasteiger partial charge in [-0.2, -0.15) is 0 Å². The minimum Gasteiger partial charge on any atom is -0.490 e. The lowest BCUT2D eigenvalue weighted by Gasteiger charge is -2.52. The van der Waals surface area contributed by atoms with Gasteiger partial charge in [-0.1, -0.05) is 25.4 Å². The summed E-state index contributed by atoms with van der Waals surface area (Å²) in [6.07, 6.45) is 3.29. The third-order valence-electron chi connectivity index (χ3n) is 4.69. The second kappa shape index (κ2) is 5.54. The van der Waals surface area contributed by atoms with Crippen molar-refractivity contribution in [2.24, 2.45) is 5.41 Å². The van der Waals surface area contributed by atoms with E-state index in [-0.39, 0.29) is 16.9 Å². The number of alkyl halides is 1. The normalized spacial score (nSPS) is 24.9. The summed E-state index contributed by atoms with van der Waals surface area (Å²) in [5.41, 5.74) is 2.26. The van der Waals surface area contributed by atoms with Crippen molar-refractivity contribution in [1.82, 2.24) is 0 Å². The average molecular weight is 301 g/mol. The fourth-order valence-electron chi connectivity index (χ4n) is 3.15. The maximum absolute atomic E-state index is 6.42. The molecule has 0 amide bonds. The Hall–Kier alpha value is -0.400.